The first-order chi connectivity index (χ1) is 19.5. The first kappa shape index (κ1) is 44.7. The number of aromatic nitrogens is 4. The number of nitrogens with zero attached hydrogens (tertiary/aromatic N) is 5. The predicted octanol–water partition coefficient (Wildman–Crippen LogP) is -1.87. The zero-order chi connectivity index (χ0) is 35.0. The van der Waals surface area contributed by atoms with Gasteiger partial charge in [0.05, 0.1) is 12.9 Å². The minimum atomic E-state index is -1.50. The summed E-state index contributed by atoms with van der Waals surface area (Å²) >= 11 is 0. The lowest BCUT2D eigenvalue weighted by Gasteiger charge is -2.16. The maximum Gasteiger partial charge on any atom is 0.300 e. The van der Waals surface area contributed by atoms with Crippen molar-refractivity contribution in [3.05, 3.63) is 22.8 Å². The summed E-state index contributed by atoms with van der Waals surface area (Å²) < 4.78 is 6.85. The minimum absolute atomic E-state index is 0.218. The molecule has 0 radical (unpaired) electrons. The summed E-state index contributed by atoms with van der Waals surface area (Å²) in [4.78, 5) is 65.3. The Kier molecular flexibility index (Phi) is 25.5. The lowest BCUT2D eigenvalue weighted by molar-refractivity contribution is -0.742. The maximum absolute atomic E-state index is 9.95. The van der Waals surface area contributed by atoms with Crippen LogP contribution in [-0.2, 0) is 28.7 Å². The van der Waals surface area contributed by atoms with Gasteiger partial charge in [0.15, 0.2) is 17.7 Å². The third-order valence-electron chi connectivity index (χ3n) is 3.18. The van der Waals surface area contributed by atoms with E-state index in [2.05, 4.69) is 15.0 Å². The molecule has 0 aromatic carbocycles. The van der Waals surface area contributed by atoms with Gasteiger partial charge in [0, 0.05) is 34.6 Å². The van der Waals surface area contributed by atoms with Crippen molar-refractivity contribution >= 4 is 46.8 Å². The molecule has 0 unspecified atom stereocenters. The monoisotopic (exact) mass is 630 g/mol. The summed E-state index contributed by atoms with van der Waals surface area (Å²) in [6, 6.07) is 0. The second kappa shape index (κ2) is 24.5. The van der Waals surface area contributed by atoms with E-state index in [4.69, 9.17) is 80.4 Å². The van der Waals surface area contributed by atoms with Crippen molar-refractivity contribution in [1.82, 2.24) is 19.5 Å². The van der Waals surface area contributed by atoms with E-state index in [9.17, 15) is 10.2 Å². The molecule has 0 bridgehead atoms. The van der Waals surface area contributed by atoms with Crippen LogP contribution in [0.5, 0.6) is 0 Å². The molecule has 246 valence electrons. The Labute approximate surface area is 241 Å². The topological polar surface area (TPSA) is 389 Å². The first-order valence-corrected chi connectivity index (χ1v) is 10.9. The number of aliphatic hydroxyl groups is 3. The van der Waals surface area contributed by atoms with Crippen molar-refractivity contribution in [2.75, 3.05) is 12.3 Å². The highest BCUT2D eigenvalue weighted by Gasteiger charge is 2.43. The summed E-state index contributed by atoms with van der Waals surface area (Å²) in [5.41, 5.74) is 6.44. The molecule has 43 heavy (non-hydrogen) atoms. The number of aliphatic carboxylic acids is 5. The highest BCUT2D eigenvalue weighted by Crippen LogP contribution is 2.31. The molecule has 2 aromatic heterocycles. The smallest absolute Gasteiger partial charge is 0.300 e. The van der Waals surface area contributed by atoms with Gasteiger partial charge in [-0.2, -0.15) is 0 Å². The first-order valence-electron chi connectivity index (χ1n) is 10.9. The average molecular weight is 631 g/mol. The Bertz CT molecular complexity index is 1040. The molecule has 3 rings (SSSR count). The normalized spacial score (nSPS) is 17.2. The van der Waals surface area contributed by atoms with Crippen LogP contribution in [0, 0.1) is 10.1 Å². The van der Waals surface area contributed by atoms with Gasteiger partial charge in [-0.3, -0.25) is 28.5 Å². The van der Waals surface area contributed by atoms with Gasteiger partial charge in [0.25, 0.3) is 34.9 Å². The number of fused-ring (bicyclic) bond motifs is 1. The van der Waals surface area contributed by atoms with Crippen LogP contribution >= 0.6 is 0 Å². The van der Waals surface area contributed by atoms with Crippen LogP contribution in [0.4, 0.5) is 5.82 Å². The highest BCUT2D eigenvalue weighted by molar-refractivity contribution is 5.81. The van der Waals surface area contributed by atoms with E-state index < -0.39 is 66.1 Å². The predicted molar refractivity (Wildman–Crippen MR) is 138 cm³/mol. The number of carbonyl (C=O) groups is 5. The van der Waals surface area contributed by atoms with Crippen LogP contribution in [0.3, 0.4) is 0 Å². The number of aliphatic hydroxyl groups excluding tert-OH is 3. The van der Waals surface area contributed by atoms with Crippen LogP contribution in [-0.4, -0.2) is 125 Å². The lowest BCUT2D eigenvalue weighted by Crippen LogP contribution is -2.33. The molecule has 4 atom stereocenters. The van der Waals surface area contributed by atoms with Crippen molar-refractivity contribution in [2.45, 2.75) is 59.2 Å². The summed E-state index contributed by atoms with van der Waals surface area (Å²) in [5, 5.41) is 79.5. The number of carboxylic acids is 5. The van der Waals surface area contributed by atoms with Crippen molar-refractivity contribution in [3.63, 3.8) is 0 Å². The van der Waals surface area contributed by atoms with Crippen molar-refractivity contribution in [3.8, 4) is 0 Å². The lowest BCUT2D eigenvalue weighted by atomic mass is 10.1. The Morgan fingerprint density at radius 2 is 1.21 bits per heavy atom. The molecule has 1 saturated heterocycles. The second-order valence-corrected chi connectivity index (χ2v) is 7.14. The number of nitrogens with two attached hydrogens (primary N) is 1. The molecule has 23 heteroatoms. The Hall–Kier alpha value is -5.26. The van der Waals surface area contributed by atoms with Gasteiger partial charge in [0.2, 0.25) is 0 Å². The molecule has 0 spiro atoms. The molecule has 0 amide bonds. The summed E-state index contributed by atoms with van der Waals surface area (Å²) in [7, 11) is 0. The number of anilines is 1. The summed E-state index contributed by atoms with van der Waals surface area (Å²) in [5.74, 6) is -3.95. The van der Waals surface area contributed by atoms with Gasteiger partial charge < -0.3 is 56.5 Å². The van der Waals surface area contributed by atoms with Crippen LogP contribution < -0.4 is 5.73 Å². The van der Waals surface area contributed by atoms with Gasteiger partial charge in [0.1, 0.15) is 30.2 Å². The van der Waals surface area contributed by atoms with Crippen molar-refractivity contribution < 1.29 is 79.9 Å². The van der Waals surface area contributed by atoms with Crippen LogP contribution in [0.1, 0.15) is 40.8 Å². The van der Waals surface area contributed by atoms with Crippen LogP contribution in [0.25, 0.3) is 11.2 Å². The number of imidazole rings is 1. The van der Waals surface area contributed by atoms with Gasteiger partial charge in [-0.05, 0) is 0 Å². The molecule has 0 aliphatic carbocycles. The second-order valence-electron chi connectivity index (χ2n) is 7.14. The summed E-state index contributed by atoms with van der Waals surface area (Å²) in [6.07, 6.45) is -1.42. The van der Waals surface area contributed by atoms with Gasteiger partial charge >= 0.3 is 0 Å². The molecule has 1 aliphatic rings. The molecule has 23 nitrogen and oxygen atoms in total. The number of ether oxygens (including phenoxy) is 1. The SMILES string of the molecule is CC(=O)O.CC(=O)O.CC(=O)O.CC(=O)O.CC(=O)O.Nc1ncnc2c1ncn2[C@@H]1O[C@H](CO)[C@@H](O)[C@H]1O.O=[N+]([O-])O. The molecule has 0 saturated carbocycles. The van der Waals surface area contributed by atoms with E-state index in [1.165, 1.54) is 17.2 Å². The zero-order valence-corrected chi connectivity index (χ0v) is 23.3. The minimum Gasteiger partial charge on any atom is -0.481 e. The quantitative estimate of drug-likeness (QED) is 0.128. The van der Waals surface area contributed by atoms with E-state index in [-0.39, 0.29) is 5.82 Å². The van der Waals surface area contributed by atoms with E-state index in [0.29, 0.717) is 11.2 Å². The third-order valence-corrected chi connectivity index (χ3v) is 3.18. The molecule has 2 aromatic rings. The molecule has 11 N–H and O–H groups in total. The average Bonchev–Trinajstić information content (AvgIpc) is 3.33. The fourth-order valence-electron chi connectivity index (χ4n) is 2.17. The van der Waals surface area contributed by atoms with E-state index >= 15 is 0 Å². The molecule has 1 fully saturated rings. The van der Waals surface area contributed by atoms with E-state index in [0.717, 1.165) is 34.6 Å². The number of rotatable bonds is 2. The number of carboxylic acid groups (broad SMARTS) is 5. The van der Waals surface area contributed by atoms with Gasteiger partial charge in [-0.1, -0.05) is 0 Å². The van der Waals surface area contributed by atoms with Gasteiger partial charge in [-0.25, -0.2) is 15.0 Å². The van der Waals surface area contributed by atoms with E-state index in [1.54, 1.807) is 0 Å². The molecule has 1 aliphatic heterocycles. The van der Waals surface area contributed by atoms with Crippen LogP contribution in [0.2, 0.25) is 0 Å². The molecular formula is C20H34N6O17. The Morgan fingerprint density at radius 3 is 1.51 bits per heavy atom. The zero-order valence-electron chi connectivity index (χ0n) is 23.3. The van der Waals surface area contributed by atoms with Gasteiger partial charge in [-0.15, -0.1) is 10.1 Å². The van der Waals surface area contributed by atoms with E-state index in [1.807, 2.05) is 0 Å². The fraction of sp³-hybridized carbons (Fsp3) is 0.500. The van der Waals surface area contributed by atoms with Crippen molar-refractivity contribution in [1.29, 1.82) is 0 Å². The Morgan fingerprint density at radius 1 is 0.860 bits per heavy atom. The number of hydrogen-bond donors (Lipinski definition) is 10. The largest absolute Gasteiger partial charge is 0.481 e. The molecular weight excluding hydrogens is 596 g/mol. The van der Waals surface area contributed by atoms with Crippen molar-refractivity contribution in [2.24, 2.45) is 0 Å². The highest BCUT2D eigenvalue weighted by atomic mass is 16.9. The summed E-state index contributed by atoms with van der Waals surface area (Å²) in [6.45, 7) is 5.03. The number of hydrogen-bond acceptors (Lipinski definition) is 15. The number of nitrogen functional groups attached to an aromatic ring is 1. The Balaban J connectivity index is -0.000000261. The third kappa shape index (κ3) is 28.1. The molecule has 3 heterocycles. The standard InChI is InChI=1S/C10H13N5O4.5C2H4O2.HNO3/c11-8-5-9(13-2-12-8)15(3-14-5)10-7(18)6(17)4(1-16)19-10;5*1-2(3)4;2-1(3)4/h2-4,6-7,10,16-18H,1H2,(H2,11,12,13);5*1H3,(H,3,4);(H,2,3,4)/t4-,6-,7-,10-;;;;;;/m1....../s1. The van der Waals surface area contributed by atoms with Crippen LogP contribution in [0.15, 0.2) is 12.7 Å². The fourth-order valence-corrected chi connectivity index (χ4v) is 2.17. The maximum atomic E-state index is 9.95.